The van der Waals surface area contributed by atoms with E-state index in [0.717, 1.165) is 45.2 Å². The number of likely N-dealkylation sites (tertiary alicyclic amines) is 2. The molecule has 3 aliphatic rings. The normalized spacial score (nSPS) is 21.1. The molecule has 5 rings (SSSR count). The van der Waals surface area contributed by atoms with E-state index in [9.17, 15) is 18.0 Å². The molecule has 1 aromatic carbocycles. The second-order valence-electron chi connectivity index (χ2n) is 13.2. The summed E-state index contributed by atoms with van der Waals surface area (Å²) >= 11 is 3.43. The topological polar surface area (TPSA) is 80.3 Å². The molecule has 0 saturated carbocycles. The lowest BCUT2D eigenvalue weighted by molar-refractivity contribution is -0.153. The van der Waals surface area contributed by atoms with Gasteiger partial charge in [-0.05, 0) is 94.0 Å². The molecule has 1 unspecified atom stereocenters. The van der Waals surface area contributed by atoms with Gasteiger partial charge in [-0.15, -0.1) is 0 Å². The van der Waals surface area contributed by atoms with Gasteiger partial charge in [-0.25, -0.2) is 4.79 Å². The molecule has 0 bridgehead atoms. The van der Waals surface area contributed by atoms with E-state index in [2.05, 4.69) is 44.3 Å². The smallest absolute Gasteiger partial charge is 0.422 e. The van der Waals surface area contributed by atoms with Gasteiger partial charge >= 0.3 is 18.3 Å². The largest absolute Gasteiger partial charge is 0.481 e. The molecule has 3 saturated heterocycles. The molecule has 9 nitrogen and oxygen atoms in total. The fourth-order valence-corrected chi connectivity index (χ4v) is 6.71. The molecule has 13 heteroatoms. The minimum absolute atomic E-state index is 0.00176. The third kappa shape index (κ3) is 7.52. The molecule has 1 atom stereocenters. The lowest BCUT2D eigenvalue weighted by Crippen LogP contribution is -2.62. The van der Waals surface area contributed by atoms with Crippen LogP contribution in [0.15, 0.2) is 17.1 Å². The van der Waals surface area contributed by atoms with E-state index in [-0.39, 0.29) is 34.9 Å². The second-order valence-corrected chi connectivity index (χ2v) is 14.0. The molecule has 0 N–H and O–H groups in total. The number of ether oxygens (including phenoxy) is 3. The number of anilines is 1. The van der Waals surface area contributed by atoms with Crippen LogP contribution in [-0.4, -0.2) is 96.7 Å². The van der Waals surface area contributed by atoms with E-state index < -0.39 is 18.4 Å². The van der Waals surface area contributed by atoms with Crippen molar-refractivity contribution in [3.63, 3.8) is 0 Å². The Kier molecular flexibility index (Phi) is 9.28. The van der Waals surface area contributed by atoms with Crippen LogP contribution >= 0.6 is 15.9 Å². The molecule has 0 radical (unpaired) electrons. The molecule has 1 amide bonds. The van der Waals surface area contributed by atoms with Crippen molar-refractivity contribution in [1.29, 1.82) is 0 Å². The number of rotatable bonds is 6. The van der Waals surface area contributed by atoms with Gasteiger partial charge in [0.25, 0.3) is 0 Å². The standard InChI is InChI=1S/C31H41BrF3N5O4/c1-6-20-16-22-24(25(23(20)32)42-19-31(33,34)35)36-27(43-21-8-7-12-38(5)13-9-21)37-26(22)39-14-10-30(11-15-39)17-40(18-30)28(41)44-29(2,3)4/h6,16,21H,1,7-15,17-19H2,2-5H3. The van der Waals surface area contributed by atoms with E-state index >= 15 is 0 Å². The number of amides is 1. The van der Waals surface area contributed by atoms with E-state index in [0.29, 0.717) is 47.4 Å². The maximum absolute atomic E-state index is 13.3. The number of alkyl halides is 3. The van der Waals surface area contributed by atoms with Crippen LogP contribution in [-0.2, 0) is 4.74 Å². The first kappa shape index (κ1) is 32.6. The predicted octanol–water partition coefficient (Wildman–Crippen LogP) is 6.68. The fourth-order valence-electron chi connectivity index (χ4n) is 6.13. The highest BCUT2D eigenvalue weighted by molar-refractivity contribution is 9.10. The van der Waals surface area contributed by atoms with Gasteiger partial charge in [-0.1, -0.05) is 12.7 Å². The van der Waals surface area contributed by atoms with Crippen LogP contribution in [0.1, 0.15) is 58.4 Å². The van der Waals surface area contributed by atoms with Crippen molar-refractivity contribution in [2.24, 2.45) is 5.41 Å². The lowest BCUT2D eigenvalue weighted by atomic mass is 9.72. The van der Waals surface area contributed by atoms with E-state index in [1.807, 2.05) is 26.8 Å². The fraction of sp³-hybridized carbons (Fsp3) is 0.645. The highest BCUT2D eigenvalue weighted by Crippen LogP contribution is 2.45. The average Bonchev–Trinajstić information content (AvgIpc) is 3.12. The monoisotopic (exact) mass is 683 g/mol. The quantitative estimate of drug-likeness (QED) is 0.334. The van der Waals surface area contributed by atoms with Crippen LogP contribution in [0.2, 0.25) is 0 Å². The molecular formula is C31H41BrF3N5O4. The van der Waals surface area contributed by atoms with Crippen molar-refractivity contribution in [2.75, 3.05) is 57.8 Å². The van der Waals surface area contributed by atoms with Crippen molar-refractivity contribution in [3.8, 4) is 11.8 Å². The summed E-state index contributed by atoms with van der Waals surface area (Å²) in [5, 5.41) is 0.563. The summed E-state index contributed by atoms with van der Waals surface area (Å²) in [4.78, 5) is 28.2. The van der Waals surface area contributed by atoms with Gasteiger partial charge in [-0.2, -0.15) is 23.1 Å². The van der Waals surface area contributed by atoms with E-state index in [1.165, 1.54) is 0 Å². The maximum Gasteiger partial charge on any atom is 0.422 e. The second kappa shape index (κ2) is 12.5. The molecule has 2 aromatic rings. The van der Waals surface area contributed by atoms with Crippen LogP contribution < -0.4 is 14.4 Å². The number of piperidine rings is 1. The number of hydrogen-bond acceptors (Lipinski definition) is 8. The van der Waals surface area contributed by atoms with Crippen LogP contribution in [0, 0.1) is 5.41 Å². The Morgan fingerprint density at radius 2 is 1.84 bits per heavy atom. The molecule has 3 aliphatic heterocycles. The molecule has 1 spiro atoms. The summed E-state index contributed by atoms with van der Waals surface area (Å²) in [6, 6.07) is 1.95. The summed E-state index contributed by atoms with van der Waals surface area (Å²) in [5.74, 6) is 0.561. The van der Waals surface area contributed by atoms with Crippen LogP contribution in [0.3, 0.4) is 0 Å². The first-order chi connectivity index (χ1) is 20.7. The summed E-state index contributed by atoms with van der Waals surface area (Å²) in [6.07, 6.45) is 0.856. The molecule has 1 aromatic heterocycles. The lowest BCUT2D eigenvalue weighted by Gasteiger charge is -2.53. The number of aromatic nitrogens is 2. The molecule has 3 fully saturated rings. The summed E-state index contributed by atoms with van der Waals surface area (Å²) < 4.78 is 57.4. The number of nitrogens with zero attached hydrogens (tertiary/aromatic N) is 5. The zero-order chi connectivity index (χ0) is 31.9. The first-order valence-corrected chi connectivity index (χ1v) is 15.9. The van der Waals surface area contributed by atoms with Crippen LogP contribution in [0.25, 0.3) is 17.0 Å². The zero-order valence-corrected chi connectivity index (χ0v) is 27.4. The highest BCUT2D eigenvalue weighted by atomic mass is 79.9. The molecule has 242 valence electrons. The molecule has 44 heavy (non-hydrogen) atoms. The average molecular weight is 685 g/mol. The van der Waals surface area contributed by atoms with Gasteiger partial charge in [0.1, 0.15) is 23.0 Å². The predicted molar refractivity (Wildman–Crippen MR) is 166 cm³/mol. The van der Waals surface area contributed by atoms with Gasteiger partial charge in [0.05, 0.1) is 4.47 Å². The number of fused-ring (bicyclic) bond motifs is 1. The van der Waals surface area contributed by atoms with E-state index in [1.54, 1.807) is 11.0 Å². The molecule has 4 heterocycles. The van der Waals surface area contributed by atoms with Crippen molar-refractivity contribution in [2.45, 2.75) is 70.8 Å². The number of carbonyl (C=O) groups excluding carboxylic acids is 1. The van der Waals surface area contributed by atoms with Crippen molar-refractivity contribution in [1.82, 2.24) is 19.8 Å². The molecule has 0 aliphatic carbocycles. The first-order valence-electron chi connectivity index (χ1n) is 15.1. The summed E-state index contributed by atoms with van der Waals surface area (Å²) in [7, 11) is 2.07. The highest BCUT2D eigenvalue weighted by Gasteiger charge is 2.48. The Bertz CT molecular complexity index is 1380. The number of benzene rings is 1. The number of hydrogen-bond donors (Lipinski definition) is 0. The Balaban J connectivity index is 1.45. The van der Waals surface area contributed by atoms with Crippen LogP contribution in [0.4, 0.5) is 23.8 Å². The Hall–Kier alpha value is -2.80. The van der Waals surface area contributed by atoms with E-state index in [4.69, 9.17) is 19.2 Å². The zero-order valence-electron chi connectivity index (χ0n) is 25.8. The van der Waals surface area contributed by atoms with Gasteiger partial charge in [-0.3, -0.25) is 0 Å². The molecular weight excluding hydrogens is 643 g/mol. The SMILES string of the molecule is C=Cc1cc2c(N3CCC4(CC3)CN(C(=O)OC(C)(C)C)C4)nc(OC3CCCN(C)CC3)nc2c(OCC(F)(F)F)c1Br. The summed E-state index contributed by atoms with van der Waals surface area (Å²) in [5.41, 5.74) is 0.266. The summed E-state index contributed by atoms with van der Waals surface area (Å²) in [6.45, 7) is 12.4. The van der Waals surface area contributed by atoms with Crippen molar-refractivity contribution in [3.05, 3.63) is 22.7 Å². The van der Waals surface area contributed by atoms with Crippen molar-refractivity contribution < 1.29 is 32.2 Å². The Labute approximate surface area is 264 Å². The van der Waals surface area contributed by atoms with Gasteiger partial charge < -0.3 is 28.9 Å². The van der Waals surface area contributed by atoms with Gasteiger partial charge in [0.15, 0.2) is 12.4 Å². The third-order valence-electron chi connectivity index (χ3n) is 8.47. The minimum Gasteiger partial charge on any atom is -0.481 e. The third-order valence-corrected chi connectivity index (χ3v) is 9.29. The Morgan fingerprint density at radius 3 is 2.48 bits per heavy atom. The van der Waals surface area contributed by atoms with Crippen LogP contribution in [0.5, 0.6) is 11.8 Å². The van der Waals surface area contributed by atoms with Crippen molar-refractivity contribution >= 4 is 44.8 Å². The minimum atomic E-state index is -4.53. The Morgan fingerprint density at radius 1 is 1.14 bits per heavy atom. The number of carbonyl (C=O) groups is 1. The number of halogens is 4. The van der Waals surface area contributed by atoms with Gasteiger partial charge in [0, 0.05) is 43.5 Å². The maximum atomic E-state index is 13.3. The van der Waals surface area contributed by atoms with Gasteiger partial charge in [0.2, 0.25) is 0 Å².